The van der Waals surface area contributed by atoms with Crippen LogP contribution in [0.15, 0.2) is 35.5 Å². The molecule has 0 saturated heterocycles. The topological polar surface area (TPSA) is 46.5 Å². The van der Waals surface area contributed by atoms with Crippen molar-refractivity contribution in [3.05, 3.63) is 35.5 Å². The smallest absolute Gasteiger partial charge is 0.333 e. The van der Waals surface area contributed by atoms with E-state index >= 15 is 0 Å². The highest BCUT2D eigenvalue weighted by atomic mass is 16.6. The zero-order chi connectivity index (χ0) is 16.8. The van der Waals surface area contributed by atoms with Crippen LogP contribution >= 0.6 is 0 Å². The van der Waals surface area contributed by atoms with Crippen LogP contribution in [0.5, 0.6) is 0 Å². The van der Waals surface area contributed by atoms with Gasteiger partial charge < -0.3 is 9.84 Å². The van der Waals surface area contributed by atoms with Crippen molar-refractivity contribution in [3.63, 3.8) is 0 Å². The highest BCUT2D eigenvalue weighted by Gasteiger charge is 2.52. The number of esters is 1. The molecule has 126 valence electrons. The van der Waals surface area contributed by atoms with Crippen molar-refractivity contribution in [1.29, 1.82) is 0 Å². The number of allylic oxidation sites excluding steroid dienone is 3. The Hall–Kier alpha value is -1.35. The van der Waals surface area contributed by atoms with Crippen LogP contribution in [-0.2, 0) is 9.53 Å². The molecule has 0 bridgehead atoms. The first-order valence-electron chi connectivity index (χ1n) is 8.74. The summed E-state index contributed by atoms with van der Waals surface area (Å²) in [4.78, 5) is 11.3. The normalized spacial score (nSPS) is 43.9. The SMILES string of the molecule is CC1=CCC[C@@H]2[C@@](C)(/C=C/C3=CC(=O)O[C@H]3O)[C@H](C)CC[C@@]12C. The molecule has 1 fully saturated rings. The summed E-state index contributed by atoms with van der Waals surface area (Å²) in [6.07, 6.45) is 11.6. The van der Waals surface area contributed by atoms with E-state index in [1.54, 1.807) is 0 Å². The Kier molecular flexibility index (Phi) is 4.04. The molecular weight excluding hydrogens is 288 g/mol. The molecule has 1 saturated carbocycles. The lowest BCUT2D eigenvalue weighted by molar-refractivity contribution is -0.150. The Labute approximate surface area is 139 Å². The lowest BCUT2D eigenvalue weighted by Crippen LogP contribution is -2.48. The minimum absolute atomic E-state index is 0.0642. The van der Waals surface area contributed by atoms with E-state index in [0.717, 1.165) is 6.42 Å². The van der Waals surface area contributed by atoms with Gasteiger partial charge in [-0.1, -0.05) is 44.6 Å². The third-order valence-electron chi connectivity index (χ3n) is 6.92. The minimum Gasteiger partial charge on any atom is -0.428 e. The predicted octanol–water partition coefficient (Wildman–Crippen LogP) is 4.14. The summed E-state index contributed by atoms with van der Waals surface area (Å²) < 4.78 is 4.78. The Balaban J connectivity index is 1.93. The maximum atomic E-state index is 11.3. The second-order valence-corrected chi connectivity index (χ2v) is 8.01. The molecule has 0 amide bonds. The molecule has 2 aliphatic carbocycles. The van der Waals surface area contributed by atoms with E-state index in [-0.39, 0.29) is 10.8 Å². The summed E-state index contributed by atoms with van der Waals surface area (Å²) in [5.74, 6) is 0.717. The summed E-state index contributed by atoms with van der Waals surface area (Å²) >= 11 is 0. The molecule has 0 spiro atoms. The number of hydrogen-bond donors (Lipinski definition) is 1. The van der Waals surface area contributed by atoms with Gasteiger partial charge in [-0.2, -0.15) is 0 Å². The van der Waals surface area contributed by atoms with Crippen molar-refractivity contribution in [1.82, 2.24) is 0 Å². The minimum atomic E-state index is -1.11. The van der Waals surface area contributed by atoms with Gasteiger partial charge in [0, 0.05) is 11.6 Å². The summed E-state index contributed by atoms with van der Waals surface area (Å²) in [7, 11) is 0. The van der Waals surface area contributed by atoms with Gasteiger partial charge in [0.1, 0.15) is 0 Å². The molecule has 3 rings (SSSR count). The fourth-order valence-corrected chi connectivity index (χ4v) is 4.94. The first kappa shape index (κ1) is 16.5. The van der Waals surface area contributed by atoms with Gasteiger partial charge in [0.25, 0.3) is 0 Å². The van der Waals surface area contributed by atoms with Crippen molar-refractivity contribution in [2.24, 2.45) is 22.7 Å². The van der Waals surface area contributed by atoms with Crippen molar-refractivity contribution >= 4 is 5.97 Å². The number of ether oxygens (including phenoxy) is 1. The van der Waals surface area contributed by atoms with E-state index in [1.807, 2.05) is 6.08 Å². The number of carbonyl (C=O) groups is 1. The maximum Gasteiger partial charge on any atom is 0.333 e. The van der Waals surface area contributed by atoms with Gasteiger partial charge in [-0.3, -0.25) is 0 Å². The van der Waals surface area contributed by atoms with Crippen molar-refractivity contribution in [2.75, 3.05) is 0 Å². The van der Waals surface area contributed by atoms with Crippen LogP contribution in [-0.4, -0.2) is 17.4 Å². The molecule has 1 aliphatic heterocycles. The largest absolute Gasteiger partial charge is 0.428 e. The van der Waals surface area contributed by atoms with E-state index in [9.17, 15) is 9.90 Å². The summed E-state index contributed by atoms with van der Waals surface area (Å²) in [6, 6.07) is 0. The Morgan fingerprint density at radius 2 is 2.09 bits per heavy atom. The fourth-order valence-electron chi connectivity index (χ4n) is 4.94. The molecular formula is C20H28O3. The number of cyclic esters (lactones) is 1. The van der Waals surface area contributed by atoms with E-state index in [1.165, 1.54) is 30.9 Å². The molecule has 1 heterocycles. The summed E-state index contributed by atoms with van der Waals surface area (Å²) in [5, 5.41) is 9.79. The van der Waals surface area contributed by atoms with Crippen molar-refractivity contribution < 1.29 is 14.6 Å². The third-order valence-corrected chi connectivity index (χ3v) is 6.92. The average molecular weight is 316 g/mol. The summed E-state index contributed by atoms with van der Waals surface area (Å²) in [5.41, 5.74) is 2.42. The number of aliphatic hydroxyl groups excluding tert-OH is 1. The molecule has 3 nitrogen and oxygen atoms in total. The van der Waals surface area contributed by atoms with E-state index < -0.39 is 12.3 Å². The average Bonchev–Trinajstić information content (AvgIpc) is 2.82. The summed E-state index contributed by atoms with van der Waals surface area (Å²) in [6.45, 7) is 9.37. The van der Waals surface area contributed by atoms with Gasteiger partial charge in [-0.05, 0) is 55.3 Å². The Bertz CT molecular complexity index is 600. The van der Waals surface area contributed by atoms with Crippen LogP contribution in [0.2, 0.25) is 0 Å². The molecule has 5 atom stereocenters. The monoisotopic (exact) mass is 316 g/mol. The number of aliphatic hydroxyl groups is 1. The van der Waals surface area contributed by atoms with Crippen LogP contribution in [0.3, 0.4) is 0 Å². The Morgan fingerprint density at radius 3 is 2.74 bits per heavy atom. The number of fused-ring (bicyclic) bond motifs is 1. The zero-order valence-corrected chi connectivity index (χ0v) is 14.6. The van der Waals surface area contributed by atoms with Crippen molar-refractivity contribution in [2.45, 2.75) is 59.7 Å². The third kappa shape index (κ3) is 2.59. The first-order valence-corrected chi connectivity index (χ1v) is 8.74. The Morgan fingerprint density at radius 1 is 1.35 bits per heavy atom. The highest BCUT2D eigenvalue weighted by molar-refractivity contribution is 5.86. The molecule has 0 aromatic carbocycles. The molecule has 3 heteroatoms. The zero-order valence-electron chi connectivity index (χ0n) is 14.6. The fraction of sp³-hybridized carbons (Fsp3) is 0.650. The second-order valence-electron chi connectivity index (χ2n) is 8.01. The lowest BCUT2D eigenvalue weighted by Gasteiger charge is -2.57. The van der Waals surface area contributed by atoms with Gasteiger partial charge in [-0.25, -0.2) is 4.79 Å². The van der Waals surface area contributed by atoms with E-state index in [2.05, 4.69) is 39.8 Å². The van der Waals surface area contributed by atoms with E-state index in [4.69, 9.17) is 4.74 Å². The van der Waals surface area contributed by atoms with Crippen LogP contribution < -0.4 is 0 Å². The van der Waals surface area contributed by atoms with Gasteiger partial charge >= 0.3 is 5.97 Å². The van der Waals surface area contributed by atoms with Crippen LogP contribution in [0.25, 0.3) is 0 Å². The molecule has 0 radical (unpaired) electrons. The van der Waals surface area contributed by atoms with Crippen LogP contribution in [0, 0.1) is 22.7 Å². The van der Waals surface area contributed by atoms with Crippen LogP contribution in [0.4, 0.5) is 0 Å². The second kappa shape index (κ2) is 5.62. The van der Waals surface area contributed by atoms with Gasteiger partial charge in [0.05, 0.1) is 0 Å². The maximum absolute atomic E-state index is 11.3. The quantitative estimate of drug-likeness (QED) is 0.615. The molecule has 0 aromatic rings. The van der Waals surface area contributed by atoms with E-state index in [0.29, 0.717) is 17.4 Å². The molecule has 0 aromatic heterocycles. The van der Waals surface area contributed by atoms with Gasteiger partial charge in [0.15, 0.2) is 0 Å². The molecule has 1 N–H and O–H groups in total. The van der Waals surface area contributed by atoms with Crippen molar-refractivity contribution in [3.8, 4) is 0 Å². The van der Waals surface area contributed by atoms with Gasteiger partial charge in [-0.15, -0.1) is 0 Å². The molecule has 23 heavy (non-hydrogen) atoms. The van der Waals surface area contributed by atoms with Gasteiger partial charge in [0.2, 0.25) is 6.29 Å². The number of carbonyl (C=O) groups excluding carboxylic acids is 1. The highest BCUT2D eigenvalue weighted by Crippen LogP contribution is 2.60. The molecule has 3 aliphatic rings. The number of rotatable bonds is 2. The predicted molar refractivity (Wildman–Crippen MR) is 90.4 cm³/mol. The molecule has 0 unspecified atom stereocenters. The lowest BCUT2D eigenvalue weighted by atomic mass is 9.48. The van der Waals surface area contributed by atoms with Crippen LogP contribution in [0.1, 0.15) is 53.4 Å². The standard InChI is InChI=1S/C20H28O3/c1-13-6-5-7-16-19(13,3)10-8-14(2)20(16,4)11-9-15-12-17(21)23-18(15)22/h6,9,11-12,14,16,18,22H,5,7-8,10H2,1-4H3/b11-9+/t14-,16+,18-,19+,20+/m1/s1. The first-order chi connectivity index (χ1) is 10.8. The number of hydrogen-bond acceptors (Lipinski definition) is 3.